The Kier molecular flexibility index (Phi) is 12.7. The Morgan fingerprint density at radius 2 is 1.63 bits per heavy atom. The van der Waals surface area contributed by atoms with Gasteiger partial charge >= 0.3 is 6.03 Å². The lowest BCUT2D eigenvalue weighted by Gasteiger charge is -2.30. The molecule has 14 nitrogen and oxygen atoms in total. The molecule has 0 aliphatic carbocycles. The van der Waals surface area contributed by atoms with E-state index in [1.54, 1.807) is 43.6 Å². The van der Waals surface area contributed by atoms with Crippen LogP contribution in [0.2, 0.25) is 0 Å². The van der Waals surface area contributed by atoms with Crippen LogP contribution in [-0.2, 0) is 26.7 Å². The normalized spacial score (nSPS) is 13.5. The molecule has 0 spiro atoms. The molecule has 0 unspecified atom stereocenters. The Bertz CT molecular complexity index is 2330. The summed E-state index contributed by atoms with van der Waals surface area (Å²) in [5.41, 5.74) is 3.66. The number of carbonyl (C=O) groups is 1. The standard InChI is InChI=1S/C42H51N7O7S/c1-28-22-29(24-31(23-28)53-5)27-49(17-16-48-18-20-55-21-19-48)40-43-15-14-38(46-40)56-37-13-12-34(32-10-8-9-11-33(32)37)44-41(50)45-35-25-30(42(2,3)4)26-36(39(35)54-6)47-57(7,51)52/h8-15,22-26,47H,16-21,27H2,1-7H3,(H2,44,45,50). The summed E-state index contributed by atoms with van der Waals surface area (Å²) >= 11 is 0. The predicted octanol–water partition coefficient (Wildman–Crippen LogP) is 7.40. The van der Waals surface area contributed by atoms with Gasteiger partial charge < -0.3 is 34.5 Å². The highest BCUT2D eigenvalue weighted by molar-refractivity contribution is 7.92. The van der Waals surface area contributed by atoms with Crippen molar-refractivity contribution in [3.05, 3.63) is 95.7 Å². The third kappa shape index (κ3) is 10.8. The lowest BCUT2D eigenvalue weighted by atomic mass is 9.86. The molecule has 1 saturated heterocycles. The van der Waals surface area contributed by atoms with Gasteiger partial charge in [0.25, 0.3) is 0 Å². The van der Waals surface area contributed by atoms with Gasteiger partial charge in [-0.3, -0.25) is 9.62 Å². The monoisotopic (exact) mass is 797 g/mol. The number of nitrogens with zero attached hydrogens (tertiary/aromatic N) is 4. The summed E-state index contributed by atoms with van der Waals surface area (Å²) in [6.07, 6.45) is 2.75. The number of hydrogen-bond donors (Lipinski definition) is 3. The van der Waals surface area contributed by atoms with Crippen LogP contribution in [0.1, 0.15) is 37.5 Å². The smallest absolute Gasteiger partial charge is 0.323 e. The van der Waals surface area contributed by atoms with Crippen molar-refractivity contribution in [1.82, 2.24) is 14.9 Å². The highest BCUT2D eigenvalue weighted by Gasteiger charge is 2.23. The zero-order valence-electron chi connectivity index (χ0n) is 33.5. The first-order chi connectivity index (χ1) is 27.2. The molecule has 5 aromatic rings. The summed E-state index contributed by atoms with van der Waals surface area (Å²) < 4.78 is 50.1. The van der Waals surface area contributed by atoms with Crippen molar-refractivity contribution in [2.75, 3.05) is 80.1 Å². The third-order valence-electron chi connectivity index (χ3n) is 9.46. The minimum atomic E-state index is -3.64. The summed E-state index contributed by atoms with van der Waals surface area (Å²) in [4.78, 5) is 27.6. The van der Waals surface area contributed by atoms with Crippen molar-refractivity contribution in [3.8, 4) is 23.1 Å². The highest BCUT2D eigenvalue weighted by Crippen LogP contribution is 2.40. The molecule has 1 aliphatic heterocycles. The number of fused-ring (bicyclic) bond motifs is 1. The van der Waals surface area contributed by atoms with E-state index < -0.39 is 16.1 Å². The van der Waals surface area contributed by atoms with Gasteiger partial charge in [0.05, 0.1) is 50.8 Å². The number of morpholine rings is 1. The van der Waals surface area contributed by atoms with E-state index in [1.807, 2.05) is 64.1 Å². The number of rotatable bonds is 14. The molecule has 4 aromatic carbocycles. The first-order valence-electron chi connectivity index (χ1n) is 18.7. The minimum Gasteiger partial charge on any atom is -0.497 e. The zero-order chi connectivity index (χ0) is 40.7. The predicted molar refractivity (Wildman–Crippen MR) is 225 cm³/mol. The number of aromatic nitrogens is 2. The van der Waals surface area contributed by atoms with Gasteiger partial charge in [0.1, 0.15) is 11.5 Å². The molecule has 0 atom stereocenters. The number of nitrogens with one attached hydrogen (secondary N) is 3. The van der Waals surface area contributed by atoms with Crippen LogP contribution in [0.15, 0.2) is 79.0 Å². The third-order valence-corrected chi connectivity index (χ3v) is 10.0. The molecular weight excluding hydrogens is 747 g/mol. The molecule has 1 aromatic heterocycles. The number of ether oxygens (including phenoxy) is 4. The van der Waals surface area contributed by atoms with E-state index in [1.165, 1.54) is 7.11 Å². The molecule has 302 valence electrons. The van der Waals surface area contributed by atoms with Crippen LogP contribution in [0.3, 0.4) is 0 Å². The second-order valence-electron chi connectivity index (χ2n) is 15.0. The fourth-order valence-corrected chi connectivity index (χ4v) is 7.19. The Morgan fingerprint density at radius 1 is 0.912 bits per heavy atom. The van der Waals surface area contributed by atoms with Gasteiger partial charge in [0, 0.05) is 55.8 Å². The van der Waals surface area contributed by atoms with E-state index >= 15 is 0 Å². The Balaban J connectivity index is 1.25. The SMILES string of the molecule is COc1cc(C)cc(CN(CCN2CCOCC2)c2nccc(Oc3ccc(NC(=O)Nc4cc(C(C)(C)C)cc(NS(C)(=O)=O)c4OC)c4ccccc34)n2)c1. The molecule has 2 heterocycles. The fraction of sp³-hybridized carbons (Fsp3) is 0.357. The molecule has 6 rings (SSSR count). The molecule has 15 heteroatoms. The number of amides is 2. The molecule has 2 amide bonds. The molecule has 0 radical (unpaired) electrons. The van der Waals surface area contributed by atoms with Crippen LogP contribution in [0.4, 0.5) is 27.8 Å². The number of sulfonamides is 1. The average molecular weight is 798 g/mol. The second kappa shape index (κ2) is 17.7. The van der Waals surface area contributed by atoms with E-state index in [0.29, 0.717) is 55.3 Å². The molecule has 3 N–H and O–H groups in total. The Morgan fingerprint density at radius 3 is 2.33 bits per heavy atom. The van der Waals surface area contributed by atoms with Gasteiger partial charge in [-0.15, -0.1) is 0 Å². The van der Waals surface area contributed by atoms with Crippen molar-refractivity contribution < 1.29 is 32.2 Å². The molecule has 0 bridgehead atoms. The van der Waals surface area contributed by atoms with Crippen molar-refractivity contribution in [2.24, 2.45) is 0 Å². The van der Waals surface area contributed by atoms with Crippen LogP contribution < -0.4 is 34.5 Å². The van der Waals surface area contributed by atoms with Crippen molar-refractivity contribution in [2.45, 2.75) is 39.7 Å². The number of benzene rings is 4. The summed E-state index contributed by atoms with van der Waals surface area (Å²) in [6.45, 7) is 13.3. The van der Waals surface area contributed by atoms with Crippen molar-refractivity contribution in [3.63, 3.8) is 0 Å². The van der Waals surface area contributed by atoms with Crippen LogP contribution in [0.25, 0.3) is 10.8 Å². The Labute approximate surface area is 334 Å². The van der Waals surface area contributed by atoms with Gasteiger partial charge in [0.2, 0.25) is 21.9 Å². The lowest BCUT2D eigenvalue weighted by Crippen LogP contribution is -2.41. The second-order valence-corrected chi connectivity index (χ2v) is 16.7. The summed E-state index contributed by atoms with van der Waals surface area (Å²) in [7, 11) is -0.552. The van der Waals surface area contributed by atoms with E-state index in [-0.39, 0.29) is 16.9 Å². The van der Waals surface area contributed by atoms with Gasteiger partial charge in [-0.25, -0.2) is 18.2 Å². The number of hydrogen-bond acceptors (Lipinski definition) is 11. The van der Waals surface area contributed by atoms with Gasteiger partial charge in [0.15, 0.2) is 5.75 Å². The van der Waals surface area contributed by atoms with Crippen molar-refractivity contribution in [1.29, 1.82) is 0 Å². The highest BCUT2D eigenvalue weighted by atomic mass is 32.2. The van der Waals surface area contributed by atoms with E-state index in [2.05, 4.69) is 36.2 Å². The molecule has 1 aliphatic rings. The first kappa shape index (κ1) is 41.0. The van der Waals surface area contributed by atoms with Gasteiger partial charge in [-0.05, 0) is 65.4 Å². The van der Waals surface area contributed by atoms with E-state index in [4.69, 9.17) is 23.9 Å². The number of aryl methyl sites for hydroxylation is 1. The van der Waals surface area contributed by atoms with Crippen LogP contribution in [0.5, 0.6) is 23.1 Å². The average Bonchev–Trinajstić information content (AvgIpc) is 3.16. The zero-order valence-corrected chi connectivity index (χ0v) is 34.3. The largest absolute Gasteiger partial charge is 0.497 e. The molecule has 0 saturated carbocycles. The van der Waals surface area contributed by atoms with Crippen LogP contribution in [-0.4, -0.2) is 89.2 Å². The number of anilines is 4. The maximum atomic E-state index is 13.6. The quantitative estimate of drug-likeness (QED) is 0.103. The lowest BCUT2D eigenvalue weighted by molar-refractivity contribution is 0.0391. The molecule has 1 fully saturated rings. The number of methoxy groups -OCH3 is 2. The molecule has 57 heavy (non-hydrogen) atoms. The Hall–Kier alpha value is -5.64. The number of carbonyl (C=O) groups excluding carboxylic acids is 1. The maximum Gasteiger partial charge on any atom is 0.323 e. The summed E-state index contributed by atoms with van der Waals surface area (Å²) in [5.74, 6) is 2.41. The van der Waals surface area contributed by atoms with Gasteiger partial charge in [-0.2, -0.15) is 4.98 Å². The first-order valence-corrected chi connectivity index (χ1v) is 20.6. The van der Waals surface area contributed by atoms with E-state index in [9.17, 15) is 13.2 Å². The number of urea groups is 1. The van der Waals surface area contributed by atoms with Crippen LogP contribution in [0, 0.1) is 6.92 Å². The minimum absolute atomic E-state index is 0.180. The summed E-state index contributed by atoms with van der Waals surface area (Å²) in [5, 5.41) is 7.29. The van der Waals surface area contributed by atoms with Crippen molar-refractivity contribution >= 4 is 49.8 Å². The van der Waals surface area contributed by atoms with Gasteiger partial charge in [-0.1, -0.05) is 51.1 Å². The van der Waals surface area contributed by atoms with E-state index in [0.717, 1.165) is 59.1 Å². The fourth-order valence-electron chi connectivity index (χ4n) is 6.64. The summed E-state index contributed by atoms with van der Waals surface area (Å²) in [6, 6.07) is 22.0. The maximum absolute atomic E-state index is 13.6. The molecular formula is C42H51N7O7S. The van der Waals surface area contributed by atoms with Crippen LogP contribution >= 0.6 is 0 Å². The topological polar surface area (TPSA) is 156 Å².